The molecular weight excluding hydrogens is 464 g/mol. The molecule has 0 aliphatic carbocycles. The van der Waals surface area contributed by atoms with E-state index in [4.69, 9.17) is 11.5 Å². The zero-order valence-corrected chi connectivity index (χ0v) is 18.5. The number of aliphatic hydroxyl groups is 1. The summed E-state index contributed by atoms with van der Waals surface area (Å²) >= 11 is 5.22. The number of nitrogen functional groups attached to an aromatic ring is 2. The Balaban J connectivity index is 1.30. The lowest BCUT2D eigenvalue weighted by atomic mass is 10.0. The lowest BCUT2D eigenvalue weighted by Gasteiger charge is -2.16. The molecule has 5 rings (SSSR count). The Kier molecular flexibility index (Phi) is 5.04. The summed E-state index contributed by atoms with van der Waals surface area (Å²) in [5.41, 5.74) is 14.8. The molecule has 0 spiro atoms. The van der Waals surface area contributed by atoms with Crippen molar-refractivity contribution in [3.8, 4) is 0 Å². The van der Waals surface area contributed by atoms with Crippen LogP contribution in [-0.4, -0.2) is 36.0 Å². The van der Waals surface area contributed by atoms with Gasteiger partial charge in [0.25, 0.3) is 0 Å². The number of benzene rings is 1. The number of pyridine rings is 1. The topological polar surface area (TPSA) is 116 Å². The molecule has 0 radical (unpaired) electrons. The fraction of sp³-hybridized carbons (Fsp3) is 0.286. The highest BCUT2D eigenvalue weighted by atomic mass is 79.9. The quantitative estimate of drug-likeness (QED) is 0.402. The molecule has 1 fully saturated rings. The van der Waals surface area contributed by atoms with Crippen molar-refractivity contribution in [3.63, 3.8) is 0 Å². The first-order valence-electron chi connectivity index (χ1n) is 9.75. The molecule has 3 aromatic heterocycles. The van der Waals surface area contributed by atoms with Crippen LogP contribution in [0.2, 0.25) is 0 Å². The number of aromatic nitrogens is 4. The van der Waals surface area contributed by atoms with Crippen LogP contribution in [0.4, 0.5) is 11.6 Å². The summed E-state index contributed by atoms with van der Waals surface area (Å²) in [4.78, 5) is 12.9. The minimum absolute atomic E-state index is 0.0720. The molecule has 0 unspecified atom stereocenters. The smallest absolute Gasteiger partial charge is 0.146 e. The molecule has 4 aromatic rings. The minimum atomic E-state index is -0.429. The molecule has 154 valence electrons. The zero-order chi connectivity index (χ0) is 20.8. The van der Waals surface area contributed by atoms with E-state index in [1.807, 2.05) is 22.9 Å². The van der Waals surface area contributed by atoms with E-state index in [9.17, 15) is 5.11 Å². The zero-order valence-electron chi connectivity index (χ0n) is 16.1. The van der Waals surface area contributed by atoms with Gasteiger partial charge in [-0.2, -0.15) is 0 Å². The highest BCUT2D eigenvalue weighted by Crippen LogP contribution is 2.44. The molecule has 0 saturated carbocycles. The number of anilines is 2. The van der Waals surface area contributed by atoms with E-state index in [1.54, 1.807) is 11.8 Å². The monoisotopic (exact) mass is 484 g/mol. The molecule has 9 heteroatoms. The Morgan fingerprint density at radius 2 is 2.03 bits per heavy atom. The Morgan fingerprint density at radius 1 is 1.17 bits per heavy atom. The molecule has 1 aromatic carbocycles. The maximum Gasteiger partial charge on any atom is 0.146 e. The average Bonchev–Trinajstić information content (AvgIpc) is 3.31. The summed E-state index contributed by atoms with van der Waals surface area (Å²) in [6, 6.07) is 10.2. The van der Waals surface area contributed by atoms with Gasteiger partial charge in [0.1, 0.15) is 29.0 Å². The normalized spacial score (nSPS) is 21.6. The maximum atomic E-state index is 10.7. The van der Waals surface area contributed by atoms with Gasteiger partial charge in [0.05, 0.1) is 21.5 Å². The molecule has 1 saturated heterocycles. The summed E-state index contributed by atoms with van der Waals surface area (Å²) in [5, 5.41) is 12.9. The second kappa shape index (κ2) is 7.72. The van der Waals surface area contributed by atoms with E-state index >= 15 is 0 Å². The van der Waals surface area contributed by atoms with Gasteiger partial charge < -0.3 is 21.1 Å². The predicted molar refractivity (Wildman–Crippen MR) is 125 cm³/mol. The van der Waals surface area contributed by atoms with Crippen LogP contribution < -0.4 is 11.5 Å². The molecule has 30 heavy (non-hydrogen) atoms. The van der Waals surface area contributed by atoms with Crippen LogP contribution in [0.15, 0.2) is 47.3 Å². The summed E-state index contributed by atoms with van der Waals surface area (Å²) in [6.07, 6.45) is 5.63. The van der Waals surface area contributed by atoms with Crippen molar-refractivity contribution in [1.82, 2.24) is 19.5 Å². The van der Waals surface area contributed by atoms with Crippen LogP contribution in [0, 0.1) is 0 Å². The number of thioether (sulfide) groups is 1. The van der Waals surface area contributed by atoms with E-state index in [1.165, 1.54) is 11.9 Å². The van der Waals surface area contributed by atoms with Crippen LogP contribution in [-0.2, 0) is 6.42 Å². The molecule has 1 aliphatic heterocycles. The van der Waals surface area contributed by atoms with Gasteiger partial charge in [-0.05, 0) is 59.0 Å². The summed E-state index contributed by atoms with van der Waals surface area (Å²) in [5.74, 6) is 0.964. The Morgan fingerprint density at radius 3 is 2.90 bits per heavy atom. The van der Waals surface area contributed by atoms with Crippen LogP contribution in [0.3, 0.4) is 0 Å². The summed E-state index contributed by atoms with van der Waals surface area (Å²) in [6.45, 7) is 0. The van der Waals surface area contributed by atoms with Crippen molar-refractivity contribution in [1.29, 1.82) is 0 Å². The molecular formula is C21H21BrN6OS. The number of rotatable bonds is 4. The number of aliphatic hydroxyl groups excluding tert-OH is 1. The molecule has 0 bridgehead atoms. The standard InChI is InChI=1S/C21H21BrN6OS/c22-15-8-12-3-1-11(7-16(12)27-19(15)24)2-4-13-9-17(29)21(30-13)28-6-5-14-18(23)25-10-26-20(14)28/h1,3,5-8,10,13,17,21,29H,2,4,9H2,(H2,24,27)(H2,23,25,26)/t13-,17-,21-/m1/s1. The van der Waals surface area contributed by atoms with Crippen molar-refractivity contribution in [2.45, 2.75) is 36.0 Å². The van der Waals surface area contributed by atoms with Gasteiger partial charge in [-0.15, -0.1) is 11.8 Å². The lowest BCUT2D eigenvalue weighted by molar-refractivity contribution is 0.151. The van der Waals surface area contributed by atoms with Crippen molar-refractivity contribution in [2.24, 2.45) is 0 Å². The third-order valence-electron chi connectivity index (χ3n) is 5.60. The van der Waals surface area contributed by atoms with Crippen molar-refractivity contribution < 1.29 is 5.11 Å². The first-order chi connectivity index (χ1) is 14.5. The van der Waals surface area contributed by atoms with Crippen LogP contribution >= 0.6 is 27.7 Å². The van der Waals surface area contributed by atoms with Gasteiger partial charge in [-0.1, -0.05) is 12.1 Å². The lowest BCUT2D eigenvalue weighted by Crippen LogP contribution is -2.16. The van der Waals surface area contributed by atoms with Crippen LogP contribution in [0.25, 0.3) is 21.9 Å². The van der Waals surface area contributed by atoms with Gasteiger partial charge in [-0.25, -0.2) is 15.0 Å². The van der Waals surface area contributed by atoms with Gasteiger partial charge in [0.2, 0.25) is 0 Å². The predicted octanol–water partition coefficient (Wildman–Crippen LogP) is 3.90. The number of hydrogen-bond acceptors (Lipinski definition) is 7. The Labute approximate surface area is 186 Å². The Hall–Kier alpha value is -2.36. The molecule has 7 nitrogen and oxygen atoms in total. The van der Waals surface area contributed by atoms with E-state index in [0.29, 0.717) is 16.9 Å². The minimum Gasteiger partial charge on any atom is -0.390 e. The summed E-state index contributed by atoms with van der Waals surface area (Å²) in [7, 11) is 0. The van der Waals surface area contributed by atoms with Gasteiger partial charge in [0, 0.05) is 16.8 Å². The molecule has 3 atom stereocenters. The number of hydrogen-bond donors (Lipinski definition) is 3. The molecule has 0 amide bonds. The van der Waals surface area contributed by atoms with E-state index < -0.39 is 6.10 Å². The molecule has 4 heterocycles. The second-order valence-electron chi connectivity index (χ2n) is 7.59. The Bertz CT molecular complexity index is 1250. The molecule has 5 N–H and O–H groups in total. The second-order valence-corrected chi connectivity index (χ2v) is 9.87. The number of aryl methyl sites for hydroxylation is 1. The largest absolute Gasteiger partial charge is 0.390 e. The van der Waals surface area contributed by atoms with Crippen molar-refractivity contribution in [3.05, 3.63) is 52.9 Å². The highest BCUT2D eigenvalue weighted by Gasteiger charge is 2.35. The number of halogens is 1. The number of nitrogens with zero attached hydrogens (tertiary/aromatic N) is 4. The third kappa shape index (κ3) is 3.51. The molecule has 1 aliphatic rings. The SMILES string of the molecule is Nc1nc2cc(CC[C@@H]3C[C@@H](O)[C@H](n4ccc5c(N)ncnc54)S3)ccc2cc1Br. The van der Waals surface area contributed by atoms with E-state index in [-0.39, 0.29) is 5.37 Å². The van der Waals surface area contributed by atoms with Gasteiger partial charge in [0.15, 0.2) is 0 Å². The highest BCUT2D eigenvalue weighted by molar-refractivity contribution is 9.10. The first-order valence-corrected chi connectivity index (χ1v) is 11.5. The van der Waals surface area contributed by atoms with Gasteiger partial charge in [-0.3, -0.25) is 0 Å². The maximum absolute atomic E-state index is 10.7. The number of fused-ring (bicyclic) bond motifs is 2. The van der Waals surface area contributed by atoms with Crippen molar-refractivity contribution >= 4 is 61.3 Å². The average molecular weight is 485 g/mol. The van der Waals surface area contributed by atoms with Crippen LogP contribution in [0.1, 0.15) is 23.8 Å². The van der Waals surface area contributed by atoms with Crippen molar-refractivity contribution in [2.75, 3.05) is 11.5 Å². The van der Waals surface area contributed by atoms with Gasteiger partial charge >= 0.3 is 0 Å². The fourth-order valence-electron chi connectivity index (χ4n) is 4.05. The fourth-order valence-corrected chi connectivity index (χ4v) is 5.93. The van der Waals surface area contributed by atoms with E-state index in [0.717, 1.165) is 45.7 Å². The van der Waals surface area contributed by atoms with E-state index in [2.05, 4.69) is 49.1 Å². The third-order valence-corrected chi connectivity index (χ3v) is 7.87. The summed E-state index contributed by atoms with van der Waals surface area (Å²) < 4.78 is 2.83. The first kappa shape index (κ1) is 19.6. The number of nitrogens with two attached hydrogens (primary N) is 2. The van der Waals surface area contributed by atoms with Crippen LogP contribution in [0.5, 0.6) is 0 Å².